The zero-order valence-corrected chi connectivity index (χ0v) is 11.7. The highest BCUT2D eigenvalue weighted by atomic mass is 32.1. The van der Waals surface area contributed by atoms with Gasteiger partial charge in [0.1, 0.15) is 5.01 Å². The first-order chi connectivity index (χ1) is 7.93. The Balaban J connectivity index is 2.33. The normalized spacial score (nSPS) is 11.5. The van der Waals surface area contributed by atoms with E-state index in [4.69, 9.17) is 4.74 Å². The predicted molar refractivity (Wildman–Crippen MR) is 69.0 cm³/mol. The number of hydrogen-bond acceptors (Lipinski definition) is 4. The van der Waals surface area contributed by atoms with Gasteiger partial charge in [0.25, 0.3) is 0 Å². The van der Waals surface area contributed by atoms with Crippen molar-refractivity contribution in [1.29, 1.82) is 0 Å². The number of thiazole rings is 1. The minimum absolute atomic E-state index is 0.0739. The number of aromatic nitrogens is 1. The fourth-order valence-corrected chi connectivity index (χ4v) is 2.02. The quantitative estimate of drug-likeness (QED) is 0.876. The van der Waals surface area contributed by atoms with Gasteiger partial charge in [-0.25, -0.2) is 4.98 Å². The highest BCUT2D eigenvalue weighted by Gasteiger charge is 2.20. The van der Waals surface area contributed by atoms with E-state index in [-0.39, 0.29) is 11.3 Å². The number of nitrogens with zero attached hydrogens (tertiary/aromatic N) is 1. The van der Waals surface area contributed by atoms with Crippen LogP contribution in [0.15, 0.2) is 5.38 Å². The molecule has 5 heteroatoms. The molecular formula is C12H20N2O2S. The second-order valence-electron chi connectivity index (χ2n) is 4.92. The van der Waals surface area contributed by atoms with Crippen LogP contribution in [0.25, 0.3) is 0 Å². The summed E-state index contributed by atoms with van der Waals surface area (Å²) in [6.07, 6.45) is 0.766. The van der Waals surface area contributed by atoms with Crippen molar-refractivity contribution in [2.75, 3.05) is 13.7 Å². The molecule has 1 amide bonds. The van der Waals surface area contributed by atoms with Gasteiger partial charge in [0.05, 0.1) is 12.3 Å². The smallest absolute Gasteiger partial charge is 0.225 e. The van der Waals surface area contributed by atoms with Gasteiger partial charge in [0, 0.05) is 30.9 Å². The molecule has 1 rings (SSSR count). The van der Waals surface area contributed by atoms with E-state index in [9.17, 15) is 4.79 Å². The molecular weight excluding hydrogens is 236 g/mol. The van der Waals surface area contributed by atoms with E-state index in [1.807, 2.05) is 26.2 Å². The van der Waals surface area contributed by atoms with Crippen molar-refractivity contribution in [2.24, 2.45) is 5.41 Å². The molecule has 17 heavy (non-hydrogen) atoms. The summed E-state index contributed by atoms with van der Waals surface area (Å²) in [6, 6.07) is 0. The van der Waals surface area contributed by atoms with Crippen molar-refractivity contribution in [3.63, 3.8) is 0 Å². The van der Waals surface area contributed by atoms with E-state index in [2.05, 4.69) is 10.3 Å². The van der Waals surface area contributed by atoms with E-state index >= 15 is 0 Å². The van der Waals surface area contributed by atoms with Crippen LogP contribution in [0, 0.1) is 5.41 Å². The fraction of sp³-hybridized carbons (Fsp3) is 0.667. The maximum atomic E-state index is 11.6. The van der Waals surface area contributed by atoms with E-state index in [1.54, 1.807) is 18.4 Å². The van der Waals surface area contributed by atoms with Crippen molar-refractivity contribution in [3.05, 3.63) is 16.1 Å². The molecule has 0 unspecified atom stereocenters. The van der Waals surface area contributed by atoms with Crippen LogP contribution >= 0.6 is 11.3 Å². The first kappa shape index (κ1) is 14.1. The van der Waals surface area contributed by atoms with Crippen LogP contribution in [-0.2, 0) is 22.6 Å². The summed E-state index contributed by atoms with van der Waals surface area (Å²) in [6.45, 7) is 6.90. The Labute approximate surface area is 106 Å². The van der Waals surface area contributed by atoms with Gasteiger partial charge < -0.3 is 10.1 Å². The lowest BCUT2D eigenvalue weighted by Crippen LogP contribution is -2.35. The molecule has 0 fully saturated rings. The average Bonchev–Trinajstić information content (AvgIpc) is 2.65. The number of ether oxygens (including phenoxy) is 1. The molecule has 1 aromatic rings. The molecule has 0 saturated heterocycles. The number of carbonyl (C=O) groups is 1. The van der Waals surface area contributed by atoms with E-state index < -0.39 is 0 Å². The highest BCUT2D eigenvalue weighted by molar-refractivity contribution is 7.09. The first-order valence-corrected chi connectivity index (χ1v) is 6.52. The lowest BCUT2D eigenvalue weighted by molar-refractivity contribution is -0.128. The minimum atomic E-state index is -0.330. The van der Waals surface area contributed by atoms with Crippen molar-refractivity contribution < 1.29 is 9.53 Å². The van der Waals surface area contributed by atoms with Crippen LogP contribution in [0.5, 0.6) is 0 Å². The van der Waals surface area contributed by atoms with Crippen LogP contribution in [0.3, 0.4) is 0 Å². The molecule has 1 N–H and O–H groups in total. The Morgan fingerprint density at radius 2 is 2.24 bits per heavy atom. The average molecular weight is 256 g/mol. The van der Waals surface area contributed by atoms with Gasteiger partial charge in [-0.3, -0.25) is 4.79 Å². The van der Waals surface area contributed by atoms with Gasteiger partial charge in [0.15, 0.2) is 0 Å². The van der Waals surface area contributed by atoms with Crippen molar-refractivity contribution in [2.45, 2.75) is 33.8 Å². The molecule has 96 valence electrons. The second-order valence-corrected chi connectivity index (χ2v) is 5.86. The Hall–Kier alpha value is -0.940. The number of carbonyl (C=O) groups excluding carboxylic acids is 1. The van der Waals surface area contributed by atoms with Gasteiger partial charge in [-0.15, -0.1) is 11.3 Å². The Bertz CT molecular complexity index is 369. The summed E-state index contributed by atoms with van der Waals surface area (Å²) in [4.78, 5) is 16.0. The molecule has 1 heterocycles. The Morgan fingerprint density at radius 3 is 2.82 bits per heavy atom. The van der Waals surface area contributed by atoms with Crippen LogP contribution in [-0.4, -0.2) is 24.5 Å². The molecule has 0 aromatic carbocycles. The number of amides is 1. The third kappa shape index (κ3) is 4.83. The third-order valence-corrected chi connectivity index (χ3v) is 3.09. The summed E-state index contributed by atoms with van der Waals surface area (Å²) in [5.74, 6) is 0.0739. The maximum absolute atomic E-state index is 11.6. The minimum Gasteiger partial charge on any atom is -0.378 e. The van der Waals surface area contributed by atoms with Gasteiger partial charge in [-0.2, -0.15) is 0 Å². The largest absolute Gasteiger partial charge is 0.378 e. The maximum Gasteiger partial charge on any atom is 0.225 e. The van der Waals surface area contributed by atoms with E-state index in [0.717, 1.165) is 17.1 Å². The van der Waals surface area contributed by atoms with Crippen molar-refractivity contribution >= 4 is 17.2 Å². The SMILES string of the molecule is COCc1nc(CCNC(=O)C(C)(C)C)cs1. The number of rotatable bonds is 5. The molecule has 1 aromatic heterocycles. The first-order valence-electron chi connectivity index (χ1n) is 5.64. The van der Waals surface area contributed by atoms with Crippen LogP contribution in [0.2, 0.25) is 0 Å². The van der Waals surface area contributed by atoms with Gasteiger partial charge in [-0.05, 0) is 0 Å². The molecule has 4 nitrogen and oxygen atoms in total. The zero-order chi connectivity index (χ0) is 12.9. The van der Waals surface area contributed by atoms with Crippen LogP contribution in [0.4, 0.5) is 0 Å². The van der Waals surface area contributed by atoms with Crippen LogP contribution in [0.1, 0.15) is 31.5 Å². The fourth-order valence-electron chi connectivity index (χ4n) is 1.22. The Morgan fingerprint density at radius 1 is 1.53 bits per heavy atom. The molecule has 0 aliphatic carbocycles. The molecule has 0 atom stereocenters. The molecule has 0 saturated carbocycles. The summed E-state index contributed by atoms with van der Waals surface area (Å²) in [5, 5.41) is 5.89. The molecule has 0 bridgehead atoms. The summed E-state index contributed by atoms with van der Waals surface area (Å²) >= 11 is 1.59. The topological polar surface area (TPSA) is 51.2 Å². The van der Waals surface area contributed by atoms with Crippen LogP contribution < -0.4 is 5.32 Å². The lowest BCUT2D eigenvalue weighted by Gasteiger charge is -2.17. The predicted octanol–water partition coefficient (Wildman–Crippen LogP) is 1.99. The van der Waals surface area contributed by atoms with Crippen molar-refractivity contribution in [1.82, 2.24) is 10.3 Å². The molecule has 0 spiro atoms. The van der Waals surface area contributed by atoms with Gasteiger partial charge in [-0.1, -0.05) is 20.8 Å². The van der Waals surface area contributed by atoms with Gasteiger partial charge in [0.2, 0.25) is 5.91 Å². The number of hydrogen-bond donors (Lipinski definition) is 1. The zero-order valence-electron chi connectivity index (χ0n) is 10.9. The van der Waals surface area contributed by atoms with E-state index in [1.165, 1.54) is 0 Å². The summed E-state index contributed by atoms with van der Waals surface area (Å²) in [5.41, 5.74) is 0.680. The summed E-state index contributed by atoms with van der Waals surface area (Å²) < 4.78 is 5.01. The standard InChI is InChI=1S/C12H20N2O2S/c1-12(2,3)11(15)13-6-5-9-8-17-10(14-9)7-16-4/h8H,5-7H2,1-4H3,(H,13,15). The van der Waals surface area contributed by atoms with E-state index in [0.29, 0.717) is 13.2 Å². The van der Waals surface area contributed by atoms with Gasteiger partial charge >= 0.3 is 0 Å². The number of nitrogens with one attached hydrogen (secondary N) is 1. The number of methoxy groups -OCH3 is 1. The third-order valence-electron chi connectivity index (χ3n) is 2.22. The summed E-state index contributed by atoms with van der Waals surface area (Å²) in [7, 11) is 1.66. The molecule has 0 aliphatic heterocycles. The Kier molecular flexibility index (Phi) is 5.08. The lowest BCUT2D eigenvalue weighted by atomic mass is 9.96. The van der Waals surface area contributed by atoms with Crippen molar-refractivity contribution in [3.8, 4) is 0 Å². The molecule has 0 aliphatic rings. The molecule has 0 radical (unpaired) electrons. The highest BCUT2D eigenvalue weighted by Crippen LogP contribution is 2.13. The monoisotopic (exact) mass is 256 g/mol. The second kappa shape index (κ2) is 6.12.